The van der Waals surface area contributed by atoms with Crippen LogP contribution in [0.5, 0.6) is 0 Å². The molecule has 0 spiro atoms. The number of hydrogen-bond acceptors (Lipinski definition) is 5. The lowest BCUT2D eigenvalue weighted by atomic mass is 10.2. The van der Waals surface area contributed by atoms with Crippen LogP contribution in [0.2, 0.25) is 0 Å². The lowest BCUT2D eigenvalue weighted by Gasteiger charge is -2.00. The molecule has 0 atom stereocenters. The van der Waals surface area contributed by atoms with Crippen LogP contribution in [0.1, 0.15) is 18.9 Å². The number of nitrogens with zero attached hydrogens (tertiary/aromatic N) is 3. The fourth-order valence-electron chi connectivity index (χ4n) is 1.49. The van der Waals surface area contributed by atoms with E-state index in [0.29, 0.717) is 24.1 Å². The highest BCUT2D eigenvalue weighted by Gasteiger charge is 2.16. The Morgan fingerprint density at radius 3 is 2.78 bits per heavy atom. The number of hydrogen-bond donors (Lipinski definition) is 0. The summed E-state index contributed by atoms with van der Waals surface area (Å²) in [5.41, 5.74) is 1.01. The van der Waals surface area contributed by atoms with Crippen LogP contribution in [-0.2, 0) is 16.1 Å². The van der Waals surface area contributed by atoms with Crippen LogP contribution in [0.25, 0.3) is 0 Å². The second-order valence-corrected chi connectivity index (χ2v) is 3.69. The number of esters is 1. The molecule has 7 nitrogen and oxygen atoms in total. The van der Waals surface area contributed by atoms with Gasteiger partial charge in [-0.25, -0.2) is 4.79 Å². The van der Waals surface area contributed by atoms with Gasteiger partial charge >= 0.3 is 11.8 Å². The SMILES string of the molecule is CCC(=CCn1cc(C)c([N+](=O)[O-])n1)C(=O)OC. The van der Waals surface area contributed by atoms with Crippen LogP contribution in [0.3, 0.4) is 0 Å². The Balaban J connectivity index is 2.85. The molecule has 0 aliphatic heterocycles. The molecule has 0 saturated heterocycles. The van der Waals surface area contributed by atoms with E-state index in [1.807, 2.05) is 6.92 Å². The number of nitro groups is 1. The summed E-state index contributed by atoms with van der Waals surface area (Å²) >= 11 is 0. The van der Waals surface area contributed by atoms with Crippen molar-refractivity contribution >= 4 is 11.8 Å². The molecule has 1 rings (SSSR count). The average Bonchev–Trinajstić information content (AvgIpc) is 2.71. The van der Waals surface area contributed by atoms with Gasteiger partial charge in [0.05, 0.1) is 30.5 Å². The highest BCUT2D eigenvalue weighted by Crippen LogP contribution is 2.14. The van der Waals surface area contributed by atoms with Crippen molar-refractivity contribution in [2.75, 3.05) is 7.11 Å². The zero-order valence-electron chi connectivity index (χ0n) is 10.5. The first-order valence-corrected chi connectivity index (χ1v) is 5.45. The van der Waals surface area contributed by atoms with Crippen molar-refractivity contribution in [3.63, 3.8) is 0 Å². The van der Waals surface area contributed by atoms with Gasteiger partial charge < -0.3 is 14.9 Å². The highest BCUT2D eigenvalue weighted by atomic mass is 16.6. The third kappa shape index (κ3) is 3.16. The minimum atomic E-state index is -0.531. The summed E-state index contributed by atoms with van der Waals surface area (Å²) in [6, 6.07) is 0. The van der Waals surface area contributed by atoms with E-state index in [0.717, 1.165) is 0 Å². The van der Waals surface area contributed by atoms with E-state index in [1.54, 1.807) is 19.2 Å². The van der Waals surface area contributed by atoms with Crippen molar-refractivity contribution in [1.82, 2.24) is 9.78 Å². The molecule has 0 radical (unpaired) electrons. The number of methoxy groups -OCH3 is 1. The lowest BCUT2D eigenvalue weighted by Crippen LogP contribution is -2.06. The third-order valence-electron chi connectivity index (χ3n) is 2.44. The van der Waals surface area contributed by atoms with E-state index in [2.05, 4.69) is 9.84 Å². The monoisotopic (exact) mass is 253 g/mol. The van der Waals surface area contributed by atoms with Gasteiger partial charge in [-0.3, -0.25) is 0 Å². The van der Waals surface area contributed by atoms with Gasteiger partial charge in [-0.15, -0.1) is 0 Å². The van der Waals surface area contributed by atoms with Crippen molar-refractivity contribution in [2.24, 2.45) is 0 Å². The first kappa shape index (κ1) is 13.9. The van der Waals surface area contributed by atoms with Crippen LogP contribution in [0, 0.1) is 17.0 Å². The molecule has 1 aromatic heterocycles. The standard InChI is InChI=1S/C11H15N3O4/c1-4-9(11(15)18-3)5-6-13-7-8(2)10(12-13)14(16)17/h5,7H,4,6H2,1-3H3. The van der Waals surface area contributed by atoms with E-state index < -0.39 is 10.9 Å². The number of carbonyl (C=O) groups excluding carboxylic acids is 1. The Labute approximate surface area is 104 Å². The van der Waals surface area contributed by atoms with E-state index in [1.165, 1.54) is 11.8 Å². The van der Waals surface area contributed by atoms with Gasteiger partial charge in [-0.2, -0.15) is 4.68 Å². The van der Waals surface area contributed by atoms with Crippen molar-refractivity contribution in [1.29, 1.82) is 0 Å². The number of rotatable bonds is 5. The fourth-order valence-corrected chi connectivity index (χ4v) is 1.49. The van der Waals surface area contributed by atoms with Gasteiger partial charge in [0.25, 0.3) is 0 Å². The smallest absolute Gasteiger partial charge is 0.392 e. The van der Waals surface area contributed by atoms with Crippen molar-refractivity contribution in [3.05, 3.63) is 33.5 Å². The molecule has 1 heterocycles. The van der Waals surface area contributed by atoms with Crippen molar-refractivity contribution < 1.29 is 14.5 Å². The Morgan fingerprint density at radius 2 is 2.33 bits per heavy atom. The topological polar surface area (TPSA) is 87.3 Å². The van der Waals surface area contributed by atoms with E-state index in [4.69, 9.17) is 0 Å². The maximum Gasteiger partial charge on any atom is 0.392 e. The van der Waals surface area contributed by atoms with E-state index >= 15 is 0 Å². The van der Waals surface area contributed by atoms with Gasteiger partial charge in [0.1, 0.15) is 0 Å². The normalized spacial score (nSPS) is 11.4. The van der Waals surface area contributed by atoms with Crippen molar-refractivity contribution in [3.8, 4) is 0 Å². The maximum absolute atomic E-state index is 11.3. The molecule has 0 unspecified atom stereocenters. The quantitative estimate of drug-likeness (QED) is 0.344. The Kier molecular flexibility index (Phi) is 4.59. The second kappa shape index (κ2) is 5.95. The molecule has 0 aliphatic carbocycles. The average molecular weight is 253 g/mol. The molecule has 18 heavy (non-hydrogen) atoms. The zero-order chi connectivity index (χ0) is 13.7. The molecular formula is C11H15N3O4. The summed E-state index contributed by atoms with van der Waals surface area (Å²) < 4.78 is 6.04. The molecule has 7 heteroatoms. The Bertz CT molecular complexity index is 490. The minimum absolute atomic E-state index is 0.167. The lowest BCUT2D eigenvalue weighted by molar-refractivity contribution is -0.390. The molecular weight excluding hydrogens is 238 g/mol. The summed E-state index contributed by atoms with van der Waals surface area (Å²) in [4.78, 5) is 21.4. The molecule has 0 aromatic carbocycles. The Hall–Kier alpha value is -2.18. The molecule has 0 bridgehead atoms. The maximum atomic E-state index is 11.3. The predicted octanol–water partition coefficient (Wildman–Crippen LogP) is 1.61. The number of ether oxygens (including phenoxy) is 1. The van der Waals surface area contributed by atoms with Crippen LogP contribution < -0.4 is 0 Å². The molecule has 0 amide bonds. The van der Waals surface area contributed by atoms with Crippen LogP contribution in [-0.4, -0.2) is 27.8 Å². The molecule has 98 valence electrons. The second-order valence-electron chi connectivity index (χ2n) is 3.69. The first-order chi connectivity index (χ1) is 8.49. The van der Waals surface area contributed by atoms with Gasteiger partial charge in [0.2, 0.25) is 0 Å². The van der Waals surface area contributed by atoms with E-state index in [9.17, 15) is 14.9 Å². The first-order valence-electron chi connectivity index (χ1n) is 5.45. The fraction of sp³-hybridized carbons (Fsp3) is 0.455. The number of aryl methyl sites for hydroxylation is 1. The van der Waals surface area contributed by atoms with E-state index in [-0.39, 0.29) is 5.82 Å². The third-order valence-corrected chi connectivity index (χ3v) is 2.44. The summed E-state index contributed by atoms with van der Waals surface area (Å²) in [5, 5.41) is 14.4. The molecule has 0 N–H and O–H groups in total. The molecule has 1 aromatic rings. The van der Waals surface area contributed by atoms with Gasteiger partial charge in [-0.1, -0.05) is 13.0 Å². The molecule has 0 saturated carbocycles. The minimum Gasteiger partial charge on any atom is -0.466 e. The predicted molar refractivity (Wildman–Crippen MR) is 64.0 cm³/mol. The molecule has 0 aliphatic rings. The number of carbonyl (C=O) groups is 1. The van der Waals surface area contributed by atoms with Crippen molar-refractivity contribution in [2.45, 2.75) is 26.8 Å². The Morgan fingerprint density at radius 1 is 1.67 bits per heavy atom. The summed E-state index contributed by atoms with van der Waals surface area (Å²) in [7, 11) is 1.31. The van der Waals surface area contributed by atoms with Gasteiger partial charge in [-0.05, 0) is 18.3 Å². The summed E-state index contributed by atoms with van der Waals surface area (Å²) in [5.74, 6) is -0.560. The van der Waals surface area contributed by atoms with Gasteiger partial charge in [0.15, 0.2) is 0 Å². The zero-order valence-corrected chi connectivity index (χ0v) is 10.5. The summed E-state index contributed by atoms with van der Waals surface area (Å²) in [6.07, 6.45) is 3.76. The van der Waals surface area contributed by atoms with Gasteiger partial charge in [0, 0.05) is 5.57 Å². The largest absolute Gasteiger partial charge is 0.466 e. The highest BCUT2D eigenvalue weighted by molar-refractivity contribution is 5.88. The number of aromatic nitrogens is 2. The van der Waals surface area contributed by atoms with Crippen LogP contribution >= 0.6 is 0 Å². The molecule has 0 fully saturated rings. The summed E-state index contributed by atoms with van der Waals surface area (Å²) in [6.45, 7) is 3.75. The van der Waals surface area contributed by atoms with Crippen LogP contribution in [0.4, 0.5) is 5.82 Å². The number of allylic oxidation sites excluding steroid dienone is 1. The van der Waals surface area contributed by atoms with Crippen LogP contribution in [0.15, 0.2) is 17.8 Å².